The number of nitrogens with zero attached hydrogens (tertiary/aromatic N) is 3. The minimum atomic E-state index is -0.0563. The molecule has 0 radical (unpaired) electrons. The van der Waals surface area contributed by atoms with Crippen LogP contribution in [-0.4, -0.2) is 40.4 Å². The molecule has 2 heterocycles. The number of carbonyl (C=O) groups is 1. The van der Waals surface area contributed by atoms with Crippen LogP contribution in [-0.2, 0) is 6.42 Å². The largest absolute Gasteiger partial charge is 0.328 e. The second-order valence-electron chi connectivity index (χ2n) is 5.40. The van der Waals surface area contributed by atoms with E-state index >= 15 is 0 Å². The molecule has 1 atom stereocenters. The van der Waals surface area contributed by atoms with Crippen LogP contribution in [0.15, 0.2) is 42.9 Å². The summed E-state index contributed by atoms with van der Waals surface area (Å²) in [5.74, 6) is -0.0563. The number of nitrogens with one attached hydrogen (secondary N) is 1. The molecule has 0 saturated carbocycles. The monoisotopic (exact) mass is 296 g/mol. The maximum atomic E-state index is 12.7. The second kappa shape index (κ2) is 6.66. The molecule has 1 aromatic heterocycles. The summed E-state index contributed by atoms with van der Waals surface area (Å²) in [5, 5.41) is 3.37. The minimum Gasteiger partial charge on any atom is -0.328 e. The van der Waals surface area contributed by atoms with Crippen LogP contribution in [0.25, 0.3) is 0 Å². The van der Waals surface area contributed by atoms with E-state index in [-0.39, 0.29) is 11.9 Å². The second-order valence-corrected chi connectivity index (χ2v) is 5.40. The van der Waals surface area contributed by atoms with Gasteiger partial charge >= 0.3 is 0 Å². The third-order valence-electron chi connectivity index (χ3n) is 4.06. The number of aryl methyl sites for hydroxylation is 1. The van der Waals surface area contributed by atoms with Gasteiger partial charge in [-0.3, -0.25) is 9.78 Å². The van der Waals surface area contributed by atoms with Crippen molar-refractivity contribution in [3.05, 3.63) is 59.7 Å². The molecule has 2 aromatic rings. The molecule has 5 heteroatoms. The van der Waals surface area contributed by atoms with Gasteiger partial charge in [-0.25, -0.2) is 4.98 Å². The number of hydrogen-bond donors (Lipinski definition) is 1. The highest BCUT2D eigenvalue weighted by atomic mass is 16.2. The van der Waals surface area contributed by atoms with Crippen molar-refractivity contribution in [2.45, 2.75) is 19.4 Å². The first kappa shape index (κ1) is 14.7. The number of piperazine rings is 1. The number of rotatable bonds is 3. The summed E-state index contributed by atoms with van der Waals surface area (Å²) in [6.07, 6.45) is 5.68. The molecule has 5 nitrogen and oxygen atoms in total. The zero-order valence-electron chi connectivity index (χ0n) is 12.7. The fraction of sp³-hybridized carbons (Fsp3) is 0.353. The van der Waals surface area contributed by atoms with Gasteiger partial charge in [0.2, 0.25) is 0 Å². The molecule has 0 bridgehead atoms. The van der Waals surface area contributed by atoms with Gasteiger partial charge in [-0.05, 0) is 17.5 Å². The van der Waals surface area contributed by atoms with E-state index in [1.807, 2.05) is 4.90 Å². The average molecular weight is 296 g/mol. The molecule has 1 saturated heterocycles. The van der Waals surface area contributed by atoms with Crippen molar-refractivity contribution < 1.29 is 4.79 Å². The molecule has 1 aliphatic heterocycles. The fourth-order valence-corrected chi connectivity index (χ4v) is 2.78. The van der Waals surface area contributed by atoms with Crippen LogP contribution in [0, 0.1) is 0 Å². The predicted octanol–water partition coefficient (Wildman–Crippen LogP) is 1.83. The number of aromatic nitrogens is 2. The average Bonchev–Trinajstić information content (AvgIpc) is 2.62. The van der Waals surface area contributed by atoms with Crippen molar-refractivity contribution in [2.24, 2.45) is 0 Å². The zero-order valence-corrected chi connectivity index (χ0v) is 12.7. The first-order valence-electron chi connectivity index (χ1n) is 7.66. The Morgan fingerprint density at radius 1 is 1.32 bits per heavy atom. The molecule has 114 valence electrons. The van der Waals surface area contributed by atoms with E-state index in [0.29, 0.717) is 12.2 Å². The Kier molecular flexibility index (Phi) is 4.44. The van der Waals surface area contributed by atoms with Gasteiger partial charge in [0.25, 0.3) is 5.91 Å². The molecule has 1 N–H and O–H groups in total. The van der Waals surface area contributed by atoms with E-state index < -0.39 is 0 Å². The molecule has 0 spiro atoms. The highest BCUT2D eigenvalue weighted by molar-refractivity contribution is 5.92. The van der Waals surface area contributed by atoms with Gasteiger partial charge in [-0.1, -0.05) is 31.2 Å². The van der Waals surface area contributed by atoms with Crippen molar-refractivity contribution >= 4 is 5.91 Å². The maximum Gasteiger partial charge on any atom is 0.274 e. The van der Waals surface area contributed by atoms with E-state index in [1.54, 1.807) is 12.4 Å². The highest BCUT2D eigenvalue weighted by Gasteiger charge is 2.29. The van der Waals surface area contributed by atoms with Crippen LogP contribution >= 0.6 is 0 Å². The number of hydrogen-bond acceptors (Lipinski definition) is 4. The Hall–Kier alpha value is -2.27. The minimum absolute atomic E-state index is 0.0363. The van der Waals surface area contributed by atoms with E-state index in [9.17, 15) is 4.79 Å². The van der Waals surface area contributed by atoms with Gasteiger partial charge in [-0.2, -0.15) is 0 Å². The Morgan fingerprint density at radius 2 is 2.14 bits per heavy atom. The van der Waals surface area contributed by atoms with Crippen molar-refractivity contribution in [1.82, 2.24) is 20.2 Å². The van der Waals surface area contributed by atoms with Crippen molar-refractivity contribution in [3.63, 3.8) is 0 Å². The van der Waals surface area contributed by atoms with Crippen molar-refractivity contribution in [2.75, 3.05) is 19.6 Å². The lowest BCUT2D eigenvalue weighted by molar-refractivity contribution is 0.0627. The molecule has 1 unspecified atom stereocenters. The lowest BCUT2D eigenvalue weighted by Gasteiger charge is -2.36. The molecule has 1 amide bonds. The Bertz CT molecular complexity index is 627. The summed E-state index contributed by atoms with van der Waals surface area (Å²) < 4.78 is 0. The highest BCUT2D eigenvalue weighted by Crippen LogP contribution is 2.24. The summed E-state index contributed by atoms with van der Waals surface area (Å²) in [6, 6.07) is 8.54. The van der Waals surface area contributed by atoms with Gasteiger partial charge in [0.05, 0.1) is 12.2 Å². The van der Waals surface area contributed by atoms with Gasteiger partial charge in [-0.15, -0.1) is 0 Å². The van der Waals surface area contributed by atoms with Crippen LogP contribution in [0.2, 0.25) is 0 Å². The molecule has 1 aliphatic rings. The lowest BCUT2D eigenvalue weighted by atomic mass is 10.0. The van der Waals surface area contributed by atoms with Crippen LogP contribution in [0.1, 0.15) is 34.6 Å². The van der Waals surface area contributed by atoms with Gasteiger partial charge in [0, 0.05) is 32.0 Å². The van der Waals surface area contributed by atoms with Gasteiger partial charge in [0.1, 0.15) is 5.69 Å². The molecular formula is C17H20N4O. The lowest BCUT2D eigenvalue weighted by Crippen LogP contribution is -2.48. The third kappa shape index (κ3) is 2.99. The van der Waals surface area contributed by atoms with E-state index in [4.69, 9.17) is 0 Å². The SMILES string of the molecule is CCc1ccc(C2CNCCN2C(=O)c2cnccn2)cc1. The summed E-state index contributed by atoms with van der Waals surface area (Å²) in [5.41, 5.74) is 2.86. The van der Waals surface area contributed by atoms with Crippen LogP contribution in [0.3, 0.4) is 0 Å². The quantitative estimate of drug-likeness (QED) is 0.939. The maximum absolute atomic E-state index is 12.7. The molecule has 3 rings (SSSR count). The molecular weight excluding hydrogens is 276 g/mol. The first-order chi connectivity index (χ1) is 10.8. The summed E-state index contributed by atoms with van der Waals surface area (Å²) in [6.45, 7) is 4.38. The summed E-state index contributed by atoms with van der Waals surface area (Å²) >= 11 is 0. The third-order valence-corrected chi connectivity index (χ3v) is 4.06. The van der Waals surface area contributed by atoms with Gasteiger partial charge < -0.3 is 10.2 Å². The van der Waals surface area contributed by atoms with E-state index in [1.165, 1.54) is 11.8 Å². The van der Waals surface area contributed by atoms with Gasteiger partial charge in [0.15, 0.2) is 0 Å². The first-order valence-corrected chi connectivity index (χ1v) is 7.66. The standard InChI is InChI=1S/C17H20N4O/c1-2-13-3-5-14(6-4-13)16-12-19-9-10-21(16)17(22)15-11-18-7-8-20-15/h3-8,11,16,19H,2,9-10,12H2,1H3. The Morgan fingerprint density at radius 3 is 2.82 bits per heavy atom. The smallest absolute Gasteiger partial charge is 0.274 e. The Labute approximate surface area is 130 Å². The molecule has 22 heavy (non-hydrogen) atoms. The molecule has 1 fully saturated rings. The van der Waals surface area contributed by atoms with Crippen molar-refractivity contribution in [1.29, 1.82) is 0 Å². The van der Waals surface area contributed by atoms with Crippen LogP contribution in [0.4, 0.5) is 0 Å². The summed E-state index contributed by atoms with van der Waals surface area (Å²) in [7, 11) is 0. The Balaban J connectivity index is 1.86. The molecule has 0 aliphatic carbocycles. The number of amides is 1. The zero-order chi connectivity index (χ0) is 15.4. The normalized spacial score (nSPS) is 18.2. The number of benzene rings is 1. The van der Waals surface area contributed by atoms with Crippen LogP contribution < -0.4 is 5.32 Å². The van der Waals surface area contributed by atoms with E-state index in [2.05, 4.69) is 46.5 Å². The number of carbonyl (C=O) groups excluding carboxylic acids is 1. The van der Waals surface area contributed by atoms with Crippen molar-refractivity contribution in [3.8, 4) is 0 Å². The van der Waals surface area contributed by atoms with Crippen LogP contribution in [0.5, 0.6) is 0 Å². The van der Waals surface area contributed by atoms with E-state index in [0.717, 1.165) is 25.1 Å². The fourth-order valence-electron chi connectivity index (χ4n) is 2.78. The summed E-state index contributed by atoms with van der Waals surface area (Å²) in [4.78, 5) is 22.7. The predicted molar refractivity (Wildman–Crippen MR) is 84.5 cm³/mol. The molecule has 1 aromatic carbocycles. The topological polar surface area (TPSA) is 58.1 Å².